The summed E-state index contributed by atoms with van der Waals surface area (Å²) in [5, 5.41) is 2.62. The average molecular weight is 362 g/mol. The van der Waals surface area contributed by atoms with Gasteiger partial charge in [-0.3, -0.25) is 14.4 Å². The maximum absolute atomic E-state index is 12.8. The number of hydrogen-bond donors (Lipinski definition) is 1. The minimum Gasteiger partial charge on any atom is -0.493 e. The summed E-state index contributed by atoms with van der Waals surface area (Å²) < 4.78 is 10.5. The van der Waals surface area contributed by atoms with E-state index in [9.17, 15) is 14.4 Å². The maximum atomic E-state index is 12.8. The second-order valence-electron chi connectivity index (χ2n) is 6.35. The van der Waals surface area contributed by atoms with Gasteiger partial charge in [0.25, 0.3) is 0 Å². The lowest BCUT2D eigenvalue weighted by Gasteiger charge is -2.32. The van der Waals surface area contributed by atoms with E-state index in [1.165, 1.54) is 14.0 Å². The van der Waals surface area contributed by atoms with Gasteiger partial charge in [-0.05, 0) is 31.0 Å². The quantitative estimate of drug-likeness (QED) is 0.746. The van der Waals surface area contributed by atoms with Gasteiger partial charge in [0.2, 0.25) is 11.8 Å². The Labute approximate surface area is 153 Å². The van der Waals surface area contributed by atoms with Crippen LogP contribution in [-0.2, 0) is 9.59 Å². The zero-order chi connectivity index (χ0) is 19.1. The van der Waals surface area contributed by atoms with Crippen LogP contribution in [0.3, 0.4) is 0 Å². The highest BCUT2D eigenvalue weighted by molar-refractivity contribution is 5.99. The van der Waals surface area contributed by atoms with Crippen molar-refractivity contribution in [3.63, 3.8) is 0 Å². The van der Waals surface area contributed by atoms with Crippen LogP contribution in [0.5, 0.6) is 11.5 Å². The van der Waals surface area contributed by atoms with Crippen LogP contribution >= 0.6 is 0 Å². The van der Waals surface area contributed by atoms with Crippen molar-refractivity contribution in [1.29, 1.82) is 0 Å². The van der Waals surface area contributed by atoms with Gasteiger partial charge in [0, 0.05) is 44.5 Å². The van der Waals surface area contributed by atoms with Crippen molar-refractivity contribution in [1.82, 2.24) is 10.2 Å². The summed E-state index contributed by atoms with van der Waals surface area (Å²) in [4.78, 5) is 37.8. The first-order chi connectivity index (χ1) is 12.5. The number of rotatable bonds is 7. The number of amides is 2. The highest BCUT2D eigenvalue weighted by Gasteiger charge is 2.29. The Hall–Kier alpha value is -2.57. The Morgan fingerprint density at radius 1 is 1.19 bits per heavy atom. The van der Waals surface area contributed by atoms with Gasteiger partial charge in [-0.25, -0.2) is 0 Å². The molecule has 0 saturated carbocycles. The molecule has 1 aromatic carbocycles. The van der Waals surface area contributed by atoms with Gasteiger partial charge < -0.3 is 19.7 Å². The summed E-state index contributed by atoms with van der Waals surface area (Å²) in [7, 11) is 3.08. The third-order valence-electron chi connectivity index (χ3n) is 4.53. The number of likely N-dealkylation sites (tertiary alicyclic amines) is 1. The fraction of sp³-hybridized carbons (Fsp3) is 0.526. The van der Waals surface area contributed by atoms with E-state index in [4.69, 9.17) is 9.47 Å². The van der Waals surface area contributed by atoms with E-state index < -0.39 is 0 Å². The Morgan fingerprint density at radius 3 is 2.58 bits per heavy atom. The van der Waals surface area contributed by atoms with Crippen LogP contribution in [0.1, 0.15) is 36.5 Å². The van der Waals surface area contributed by atoms with Crippen molar-refractivity contribution in [3.05, 3.63) is 23.8 Å². The molecule has 7 heteroatoms. The van der Waals surface area contributed by atoms with E-state index in [2.05, 4.69) is 5.32 Å². The third-order valence-corrected chi connectivity index (χ3v) is 4.53. The first-order valence-electron chi connectivity index (χ1n) is 8.74. The minimum atomic E-state index is -0.230. The molecule has 0 spiro atoms. The predicted octanol–water partition coefficient (Wildman–Crippen LogP) is 1.65. The van der Waals surface area contributed by atoms with Gasteiger partial charge in [-0.15, -0.1) is 0 Å². The molecule has 1 saturated heterocycles. The van der Waals surface area contributed by atoms with Crippen molar-refractivity contribution in [2.24, 2.45) is 5.92 Å². The number of nitrogens with zero attached hydrogens (tertiary/aromatic N) is 1. The number of hydrogen-bond acceptors (Lipinski definition) is 5. The van der Waals surface area contributed by atoms with Crippen LogP contribution in [-0.4, -0.2) is 56.4 Å². The van der Waals surface area contributed by atoms with Crippen molar-refractivity contribution in [2.45, 2.75) is 26.2 Å². The number of methoxy groups -OCH3 is 2. The molecule has 1 aliphatic heterocycles. The number of piperidine rings is 1. The first-order valence-corrected chi connectivity index (χ1v) is 8.74. The second kappa shape index (κ2) is 9.22. The van der Waals surface area contributed by atoms with Crippen LogP contribution in [0.15, 0.2) is 18.2 Å². The smallest absolute Gasteiger partial charge is 0.224 e. The Morgan fingerprint density at radius 2 is 1.92 bits per heavy atom. The van der Waals surface area contributed by atoms with Crippen LogP contribution in [0.2, 0.25) is 0 Å². The molecule has 1 heterocycles. The minimum absolute atomic E-state index is 0.00492. The number of nitrogens with one attached hydrogen (secondary N) is 1. The van der Waals surface area contributed by atoms with E-state index >= 15 is 0 Å². The molecule has 0 bridgehead atoms. The lowest BCUT2D eigenvalue weighted by atomic mass is 9.89. The molecule has 2 rings (SSSR count). The SMILES string of the molecule is COc1ccc(C(=O)[C@H]2CCCN(C(=O)CCNC(C)=O)C2)cc1OC. The van der Waals surface area contributed by atoms with E-state index in [0.717, 1.165) is 12.8 Å². The Kier molecular flexibility index (Phi) is 7.00. The molecule has 1 atom stereocenters. The number of carbonyl (C=O) groups is 3. The zero-order valence-electron chi connectivity index (χ0n) is 15.5. The molecule has 26 heavy (non-hydrogen) atoms. The number of Topliss-reactive ketones (excluding diaryl/α,β-unsaturated/α-hetero) is 1. The summed E-state index contributed by atoms with van der Waals surface area (Å²) >= 11 is 0. The lowest BCUT2D eigenvalue weighted by Crippen LogP contribution is -2.43. The van der Waals surface area contributed by atoms with Crippen LogP contribution in [0.25, 0.3) is 0 Å². The molecule has 1 N–H and O–H groups in total. The fourth-order valence-corrected chi connectivity index (χ4v) is 3.15. The van der Waals surface area contributed by atoms with Crippen LogP contribution in [0, 0.1) is 5.92 Å². The van der Waals surface area contributed by atoms with Crippen LogP contribution < -0.4 is 14.8 Å². The highest BCUT2D eigenvalue weighted by Crippen LogP contribution is 2.30. The summed E-state index contributed by atoms with van der Waals surface area (Å²) in [6, 6.07) is 5.12. The van der Waals surface area contributed by atoms with Gasteiger partial charge in [-0.1, -0.05) is 0 Å². The lowest BCUT2D eigenvalue weighted by molar-refractivity contribution is -0.132. The molecule has 142 valence electrons. The predicted molar refractivity (Wildman–Crippen MR) is 96.5 cm³/mol. The normalized spacial score (nSPS) is 16.7. The number of benzene rings is 1. The third kappa shape index (κ3) is 4.97. The molecule has 0 radical (unpaired) electrons. The van der Waals surface area contributed by atoms with Crippen molar-refractivity contribution < 1.29 is 23.9 Å². The van der Waals surface area contributed by atoms with Gasteiger partial charge in [-0.2, -0.15) is 0 Å². The topological polar surface area (TPSA) is 84.9 Å². The second-order valence-corrected chi connectivity index (χ2v) is 6.35. The van der Waals surface area contributed by atoms with Gasteiger partial charge in [0.1, 0.15) is 0 Å². The molecule has 1 aliphatic rings. The Balaban J connectivity index is 2.01. The monoisotopic (exact) mass is 362 g/mol. The fourth-order valence-electron chi connectivity index (χ4n) is 3.15. The average Bonchev–Trinajstić information content (AvgIpc) is 2.66. The summed E-state index contributed by atoms with van der Waals surface area (Å²) in [5.41, 5.74) is 0.556. The van der Waals surface area contributed by atoms with Gasteiger partial charge >= 0.3 is 0 Å². The maximum Gasteiger partial charge on any atom is 0.224 e. The van der Waals surface area contributed by atoms with Crippen molar-refractivity contribution in [3.8, 4) is 11.5 Å². The van der Waals surface area contributed by atoms with Gasteiger partial charge in [0.15, 0.2) is 17.3 Å². The molecular weight excluding hydrogens is 336 g/mol. The summed E-state index contributed by atoms with van der Waals surface area (Å²) in [6.07, 6.45) is 1.79. The zero-order valence-corrected chi connectivity index (χ0v) is 15.5. The first kappa shape index (κ1) is 19.8. The molecule has 0 unspecified atom stereocenters. The number of ether oxygens (including phenoxy) is 2. The summed E-state index contributed by atoms with van der Waals surface area (Å²) in [5.74, 6) is 0.665. The molecule has 1 fully saturated rings. The molecule has 2 amide bonds. The largest absolute Gasteiger partial charge is 0.493 e. The van der Waals surface area contributed by atoms with Crippen molar-refractivity contribution >= 4 is 17.6 Å². The van der Waals surface area contributed by atoms with Gasteiger partial charge in [0.05, 0.1) is 14.2 Å². The molecule has 0 aromatic heterocycles. The van der Waals surface area contributed by atoms with E-state index in [0.29, 0.717) is 36.7 Å². The van der Waals surface area contributed by atoms with E-state index in [-0.39, 0.29) is 29.9 Å². The molecule has 7 nitrogen and oxygen atoms in total. The number of carbonyl (C=O) groups excluding carboxylic acids is 3. The molecular formula is C19H26N2O5. The van der Waals surface area contributed by atoms with E-state index in [1.54, 1.807) is 30.2 Å². The Bertz CT molecular complexity index is 674. The molecule has 0 aliphatic carbocycles. The number of ketones is 1. The molecule has 1 aromatic rings. The van der Waals surface area contributed by atoms with Crippen molar-refractivity contribution in [2.75, 3.05) is 33.9 Å². The van der Waals surface area contributed by atoms with E-state index in [1.807, 2.05) is 0 Å². The highest BCUT2D eigenvalue weighted by atomic mass is 16.5. The summed E-state index contributed by atoms with van der Waals surface area (Å²) in [6.45, 7) is 2.79. The standard InChI is InChI=1S/C19H26N2O5/c1-13(22)20-9-8-18(23)21-10-4-5-15(12-21)19(24)14-6-7-16(25-2)17(11-14)26-3/h6-7,11,15H,4-5,8-10,12H2,1-3H3,(H,20,22)/t15-/m0/s1. The van der Waals surface area contributed by atoms with Crippen LogP contribution in [0.4, 0.5) is 0 Å².